The molecule has 3 nitrogen and oxygen atoms in total. The fourth-order valence-corrected chi connectivity index (χ4v) is 0. The first-order chi connectivity index (χ1) is 1.73. The predicted octanol–water partition coefficient (Wildman–Crippen LogP) is -4.27. The average Bonchev–Trinajstić information content (AvgIpc) is 0.811. The molecule has 0 saturated heterocycles. The summed E-state index contributed by atoms with van der Waals surface area (Å²) in [5.41, 5.74) is 0. The van der Waals surface area contributed by atoms with Crippen molar-refractivity contribution in [3.8, 4) is 0 Å². The molecule has 0 aliphatic rings. The van der Waals surface area contributed by atoms with Gasteiger partial charge in [0.1, 0.15) is 0 Å². The van der Waals surface area contributed by atoms with E-state index in [-0.39, 0.29) is 34.3 Å². The summed E-state index contributed by atoms with van der Waals surface area (Å²) in [5, 5.41) is 0. The summed E-state index contributed by atoms with van der Waals surface area (Å²) in [6.45, 7) is 0. The molecular formula is HFNaNbO3. The van der Waals surface area contributed by atoms with Gasteiger partial charge in [0.05, 0.1) is 0 Å². The van der Waals surface area contributed by atoms with Crippen molar-refractivity contribution >= 4 is 0 Å². The topological polar surface area (TPSA) is 57.2 Å². The second-order valence-electron chi connectivity index (χ2n) is 0.224. The molecule has 0 bridgehead atoms. The molecule has 0 spiro atoms. The minimum absolute atomic E-state index is 0. The van der Waals surface area contributed by atoms with Crippen LogP contribution in [0, 0.1) is 0 Å². The van der Waals surface area contributed by atoms with E-state index in [1.54, 1.807) is 0 Å². The van der Waals surface area contributed by atoms with Crippen LogP contribution in [0.2, 0.25) is 0 Å². The summed E-state index contributed by atoms with van der Waals surface area (Å²) in [4.78, 5) is 0. The van der Waals surface area contributed by atoms with Crippen molar-refractivity contribution in [2.45, 2.75) is 0 Å². The third-order valence-electron chi connectivity index (χ3n) is 0. The summed E-state index contributed by atoms with van der Waals surface area (Å²) in [7, 11) is 0. The Morgan fingerprint density at radius 3 is 1.33 bits per heavy atom. The molecule has 0 rings (SSSR count). The zero-order valence-electron chi connectivity index (χ0n) is 3.08. The zero-order chi connectivity index (χ0) is 3.58. The van der Waals surface area contributed by atoms with E-state index < -0.39 is 18.8 Å². The van der Waals surface area contributed by atoms with Gasteiger partial charge in [0.15, 0.2) is 0 Å². The Bertz CT molecular complexity index is 59.2. The summed E-state index contributed by atoms with van der Waals surface area (Å²) in [5.74, 6) is 0. The van der Waals surface area contributed by atoms with E-state index in [0.29, 0.717) is 0 Å². The van der Waals surface area contributed by atoms with Crippen molar-refractivity contribution in [2.24, 2.45) is 0 Å². The summed E-state index contributed by atoms with van der Waals surface area (Å²) < 4.78 is 25.8. The molecule has 0 aromatic carbocycles. The normalized spacial score (nSPS) is 4.17. The van der Waals surface area contributed by atoms with Gasteiger partial charge in [-0.15, -0.1) is 0 Å². The van der Waals surface area contributed by atoms with Gasteiger partial charge >= 0.3 is 58.5 Å². The summed E-state index contributed by atoms with van der Waals surface area (Å²) in [6.07, 6.45) is 0. The molecule has 0 atom stereocenters. The maximum atomic E-state index is 8.60. The first-order valence-corrected chi connectivity index (χ1v) is 3.24. The van der Waals surface area contributed by atoms with E-state index in [1.165, 1.54) is 0 Å². The monoisotopic (exact) mass is 184 g/mol. The van der Waals surface area contributed by atoms with E-state index in [2.05, 4.69) is 0 Å². The molecule has 6 heavy (non-hydrogen) atoms. The first kappa shape index (κ1) is 15.7. The van der Waals surface area contributed by atoms with E-state index >= 15 is 0 Å². The van der Waals surface area contributed by atoms with Crippen LogP contribution in [0.1, 0.15) is 0 Å². The van der Waals surface area contributed by atoms with Crippen molar-refractivity contribution in [3.05, 3.63) is 0 Å². The van der Waals surface area contributed by atoms with Crippen LogP contribution in [0.4, 0.5) is 4.70 Å². The van der Waals surface area contributed by atoms with Gasteiger partial charge in [-0.1, -0.05) is 0 Å². The summed E-state index contributed by atoms with van der Waals surface area (Å²) in [6, 6.07) is 0. The van der Waals surface area contributed by atoms with Gasteiger partial charge in [-0.3, -0.25) is 4.70 Å². The van der Waals surface area contributed by atoms with Gasteiger partial charge in [-0.05, 0) is 0 Å². The zero-order valence-corrected chi connectivity index (χ0v) is 7.28. The second kappa shape index (κ2) is 9.52. The van der Waals surface area contributed by atoms with Gasteiger partial charge in [0.25, 0.3) is 0 Å². The van der Waals surface area contributed by atoms with Crippen LogP contribution in [0.3, 0.4) is 0 Å². The molecule has 0 unspecified atom stereocenters. The van der Waals surface area contributed by atoms with Crippen LogP contribution in [-0.4, -0.2) is 0 Å². The Kier molecular flexibility index (Phi) is 24.9. The van der Waals surface area contributed by atoms with E-state index in [4.69, 9.17) is 10.1 Å². The molecule has 32 valence electrons. The van der Waals surface area contributed by atoms with Gasteiger partial charge in [-0.25, -0.2) is 0 Å². The Hall–Kier alpha value is 1.23. The fourth-order valence-electron chi connectivity index (χ4n) is 0. The predicted molar refractivity (Wildman–Crippen MR) is 3.88 cm³/mol. The standard InChI is InChI=1S/FH.Na.Nb.3O/h1H;;;;;/q;+1;;;;-1. The molecule has 0 aromatic rings. The third kappa shape index (κ3) is 61.8. The molecular weight excluding hydrogens is 183 g/mol. The molecule has 0 aromatic heterocycles. The number of halogens is 1. The van der Waals surface area contributed by atoms with Gasteiger partial charge in [-0.2, -0.15) is 0 Å². The average molecular weight is 184 g/mol. The number of rotatable bonds is 0. The number of hydrogen-bond donors (Lipinski definition) is 0. The molecule has 0 saturated carbocycles. The van der Waals surface area contributed by atoms with Gasteiger partial charge in [0.2, 0.25) is 0 Å². The molecule has 0 amide bonds. The maximum absolute atomic E-state index is 8.60. The quantitative estimate of drug-likeness (QED) is 0.358. The molecule has 6 heteroatoms. The summed E-state index contributed by atoms with van der Waals surface area (Å²) >= 11 is -4.20. The SMILES string of the molecule is F.[Na+].[O]=[Nb](=[O])[O-]. The molecule has 0 aliphatic carbocycles. The van der Waals surface area contributed by atoms with Crippen molar-refractivity contribution < 1.29 is 63.2 Å². The van der Waals surface area contributed by atoms with Crippen LogP contribution >= 0.6 is 0 Å². The van der Waals surface area contributed by atoms with Crippen molar-refractivity contribution in [1.82, 2.24) is 0 Å². The Morgan fingerprint density at radius 1 is 1.33 bits per heavy atom. The number of hydrogen-bond acceptors (Lipinski definition) is 3. The fraction of sp³-hybridized carbons (Fsp3) is 0. The minimum atomic E-state index is -4.20. The van der Waals surface area contributed by atoms with Crippen molar-refractivity contribution in [2.75, 3.05) is 0 Å². The molecule has 0 N–H and O–H groups in total. The second-order valence-corrected chi connectivity index (χ2v) is 1.32. The first-order valence-electron chi connectivity index (χ1n) is 0.548. The van der Waals surface area contributed by atoms with Crippen LogP contribution in [0.15, 0.2) is 0 Å². The molecule has 0 aliphatic heterocycles. The van der Waals surface area contributed by atoms with Crippen LogP contribution in [-0.2, 0) is 25.3 Å². The van der Waals surface area contributed by atoms with Crippen molar-refractivity contribution in [3.63, 3.8) is 0 Å². The molecule has 0 radical (unpaired) electrons. The Labute approximate surface area is 62.7 Å². The van der Waals surface area contributed by atoms with Crippen LogP contribution in [0.25, 0.3) is 0 Å². The Morgan fingerprint density at radius 2 is 1.33 bits per heavy atom. The van der Waals surface area contributed by atoms with Crippen molar-refractivity contribution in [1.29, 1.82) is 0 Å². The van der Waals surface area contributed by atoms with E-state index in [0.717, 1.165) is 0 Å². The Balaban J connectivity index is -0.0000000450. The molecule has 0 fully saturated rings. The van der Waals surface area contributed by atoms with Crippen LogP contribution in [0.5, 0.6) is 0 Å². The van der Waals surface area contributed by atoms with Gasteiger partial charge in [0, 0.05) is 0 Å². The van der Waals surface area contributed by atoms with Gasteiger partial charge < -0.3 is 0 Å². The molecule has 0 heterocycles. The van der Waals surface area contributed by atoms with E-state index in [1.807, 2.05) is 0 Å². The third-order valence-corrected chi connectivity index (χ3v) is 0. The van der Waals surface area contributed by atoms with E-state index in [9.17, 15) is 0 Å². The van der Waals surface area contributed by atoms with Crippen LogP contribution < -0.4 is 33.2 Å².